The van der Waals surface area contributed by atoms with E-state index in [-0.39, 0.29) is 5.60 Å². The van der Waals surface area contributed by atoms with Crippen LogP contribution in [0.5, 0.6) is 11.5 Å². The van der Waals surface area contributed by atoms with E-state index in [1.54, 1.807) is 6.26 Å². The fourth-order valence-corrected chi connectivity index (χ4v) is 3.48. The Morgan fingerprint density at radius 2 is 2.05 bits per heavy atom. The van der Waals surface area contributed by atoms with Gasteiger partial charge in [0.15, 0.2) is 11.5 Å². The van der Waals surface area contributed by atoms with Crippen molar-refractivity contribution in [3.63, 3.8) is 0 Å². The smallest absolute Gasteiger partial charge is 0.286 e. The molecule has 2 aliphatic rings. The number of hydrogen-bond donors (Lipinski definition) is 0. The van der Waals surface area contributed by atoms with E-state index < -0.39 is 5.79 Å². The lowest BCUT2D eigenvalue weighted by Gasteiger charge is -2.27. The molecule has 5 heteroatoms. The molecule has 0 aliphatic carbocycles. The molecule has 0 saturated heterocycles. The number of hydrogen-bond acceptors (Lipinski definition) is 4. The number of halogens is 1. The molecular formula is C17H21BrO4. The van der Waals surface area contributed by atoms with Crippen molar-refractivity contribution in [2.24, 2.45) is 0 Å². The van der Waals surface area contributed by atoms with Gasteiger partial charge in [0.25, 0.3) is 5.79 Å². The van der Waals surface area contributed by atoms with E-state index in [2.05, 4.69) is 35.8 Å². The zero-order valence-corrected chi connectivity index (χ0v) is 15.0. The van der Waals surface area contributed by atoms with Gasteiger partial charge < -0.3 is 18.9 Å². The van der Waals surface area contributed by atoms with Crippen LogP contribution < -0.4 is 9.47 Å². The summed E-state index contributed by atoms with van der Waals surface area (Å²) in [5.74, 6) is 1.51. The largest absolute Gasteiger partial charge is 0.490 e. The van der Waals surface area contributed by atoms with Crippen LogP contribution in [0.1, 0.15) is 38.8 Å². The second-order valence-electron chi connectivity index (χ2n) is 6.27. The molecule has 3 rings (SSSR count). The summed E-state index contributed by atoms with van der Waals surface area (Å²) in [5, 5.41) is 0.530. The molecule has 22 heavy (non-hydrogen) atoms. The van der Waals surface area contributed by atoms with Crippen LogP contribution in [0.25, 0.3) is 0 Å². The van der Waals surface area contributed by atoms with Gasteiger partial charge in [-0.25, -0.2) is 0 Å². The van der Waals surface area contributed by atoms with Crippen LogP contribution in [-0.4, -0.2) is 17.5 Å². The molecule has 0 amide bonds. The molecule has 0 fully saturated rings. The first kappa shape index (κ1) is 15.5. The molecule has 0 aromatic heterocycles. The Morgan fingerprint density at radius 3 is 2.64 bits per heavy atom. The quantitative estimate of drug-likeness (QED) is 0.744. The second-order valence-corrected chi connectivity index (χ2v) is 6.83. The summed E-state index contributed by atoms with van der Waals surface area (Å²) >= 11 is 3.51. The van der Waals surface area contributed by atoms with Crippen molar-refractivity contribution < 1.29 is 18.9 Å². The zero-order chi connectivity index (χ0) is 16.0. The molecule has 1 unspecified atom stereocenters. The molecule has 1 aromatic rings. The summed E-state index contributed by atoms with van der Waals surface area (Å²) in [4.78, 5) is 0. The molecular weight excluding hydrogens is 348 g/mol. The normalized spacial score (nSPS) is 24.9. The third kappa shape index (κ3) is 2.56. The number of benzene rings is 1. The topological polar surface area (TPSA) is 36.9 Å². The zero-order valence-electron chi connectivity index (χ0n) is 13.4. The number of rotatable bonds is 4. The molecule has 1 atom stereocenters. The highest BCUT2D eigenvalue weighted by Crippen LogP contribution is 2.47. The highest BCUT2D eigenvalue weighted by molar-refractivity contribution is 9.09. The van der Waals surface area contributed by atoms with E-state index in [1.807, 2.05) is 19.9 Å². The lowest BCUT2D eigenvalue weighted by molar-refractivity contribution is -0.134. The van der Waals surface area contributed by atoms with E-state index >= 15 is 0 Å². The second kappa shape index (κ2) is 5.37. The van der Waals surface area contributed by atoms with E-state index in [1.165, 1.54) is 0 Å². The van der Waals surface area contributed by atoms with E-state index in [0.717, 1.165) is 34.8 Å². The Hall–Kier alpha value is -1.36. The Morgan fingerprint density at radius 1 is 1.27 bits per heavy atom. The summed E-state index contributed by atoms with van der Waals surface area (Å²) in [5.41, 5.74) is 1.84. The minimum absolute atomic E-state index is 0.222. The van der Waals surface area contributed by atoms with E-state index in [0.29, 0.717) is 11.9 Å². The number of alkyl halides is 1. The predicted molar refractivity (Wildman–Crippen MR) is 87.4 cm³/mol. The summed E-state index contributed by atoms with van der Waals surface area (Å²) in [6.45, 7) is 8.59. The van der Waals surface area contributed by atoms with Crippen LogP contribution in [0.4, 0.5) is 0 Å². The Balaban J connectivity index is 2.06. The van der Waals surface area contributed by atoms with Crippen LogP contribution in [-0.2, 0) is 21.7 Å². The van der Waals surface area contributed by atoms with Crippen LogP contribution in [0.15, 0.2) is 24.2 Å². The van der Waals surface area contributed by atoms with Gasteiger partial charge >= 0.3 is 0 Å². The van der Waals surface area contributed by atoms with Crippen LogP contribution in [0, 0.1) is 0 Å². The van der Waals surface area contributed by atoms with Crippen LogP contribution in [0.2, 0.25) is 0 Å². The van der Waals surface area contributed by atoms with Crippen molar-refractivity contribution in [1.29, 1.82) is 0 Å². The predicted octanol–water partition coefficient (Wildman–Crippen LogP) is 4.25. The van der Waals surface area contributed by atoms with Gasteiger partial charge in [0.1, 0.15) is 17.6 Å². The van der Waals surface area contributed by atoms with Crippen molar-refractivity contribution >= 4 is 15.9 Å². The molecule has 2 aliphatic heterocycles. The Bertz CT molecular complexity index is 623. The van der Waals surface area contributed by atoms with Crippen molar-refractivity contribution in [3.8, 4) is 11.5 Å². The van der Waals surface area contributed by atoms with Crippen molar-refractivity contribution in [3.05, 3.63) is 35.3 Å². The van der Waals surface area contributed by atoms with Gasteiger partial charge in [0.2, 0.25) is 0 Å². The standard InChI is InChI=1S/C17H21BrO4/c1-5-19-14-7-13(17(10-18)20-9-11(2)21-17)6-12-8-16(3,4)22-15(12)14/h6-7,9H,5,8,10H2,1-4H3. The maximum absolute atomic E-state index is 6.05. The molecule has 0 spiro atoms. The van der Waals surface area contributed by atoms with Crippen LogP contribution in [0.3, 0.4) is 0 Å². The van der Waals surface area contributed by atoms with Gasteiger partial charge in [0.05, 0.1) is 11.9 Å². The SMILES string of the molecule is CCOc1cc(C2(CBr)OC=C(C)O2)cc2c1OC(C)(C)C2. The maximum Gasteiger partial charge on any atom is 0.286 e. The first-order valence-corrected chi connectivity index (χ1v) is 8.60. The molecule has 2 heterocycles. The average molecular weight is 369 g/mol. The van der Waals surface area contributed by atoms with Gasteiger partial charge in [-0.1, -0.05) is 15.9 Å². The molecule has 0 N–H and O–H groups in total. The fraction of sp³-hybridized carbons (Fsp3) is 0.529. The monoisotopic (exact) mass is 368 g/mol. The Kier molecular flexibility index (Phi) is 3.79. The third-order valence-electron chi connectivity index (χ3n) is 3.78. The van der Waals surface area contributed by atoms with Crippen molar-refractivity contribution in [1.82, 2.24) is 0 Å². The summed E-state index contributed by atoms with van der Waals surface area (Å²) in [6.07, 6.45) is 2.48. The highest BCUT2D eigenvalue weighted by atomic mass is 79.9. The summed E-state index contributed by atoms with van der Waals surface area (Å²) < 4.78 is 23.6. The number of ether oxygens (including phenoxy) is 4. The average Bonchev–Trinajstić information content (AvgIpc) is 2.98. The van der Waals surface area contributed by atoms with Gasteiger partial charge in [-0.3, -0.25) is 0 Å². The maximum atomic E-state index is 6.05. The lowest BCUT2D eigenvalue weighted by atomic mass is 9.97. The van der Waals surface area contributed by atoms with Gasteiger partial charge in [0, 0.05) is 17.5 Å². The van der Waals surface area contributed by atoms with Crippen LogP contribution >= 0.6 is 15.9 Å². The molecule has 120 valence electrons. The molecule has 0 saturated carbocycles. The molecule has 4 nitrogen and oxygen atoms in total. The molecule has 0 bridgehead atoms. The fourth-order valence-electron chi connectivity index (χ4n) is 2.91. The van der Waals surface area contributed by atoms with E-state index in [4.69, 9.17) is 18.9 Å². The Labute approximate surface area is 139 Å². The first-order chi connectivity index (χ1) is 10.4. The summed E-state index contributed by atoms with van der Waals surface area (Å²) in [7, 11) is 0. The minimum atomic E-state index is -0.836. The first-order valence-electron chi connectivity index (χ1n) is 7.48. The lowest BCUT2D eigenvalue weighted by Crippen LogP contribution is -2.29. The van der Waals surface area contributed by atoms with Gasteiger partial charge in [-0.05, 0) is 39.8 Å². The summed E-state index contributed by atoms with van der Waals surface area (Å²) in [6, 6.07) is 4.05. The highest BCUT2D eigenvalue weighted by Gasteiger charge is 2.42. The number of fused-ring (bicyclic) bond motifs is 1. The van der Waals surface area contributed by atoms with Gasteiger partial charge in [-0.2, -0.15) is 0 Å². The minimum Gasteiger partial charge on any atom is -0.490 e. The van der Waals surface area contributed by atoms with Gasteiger partial charge in [-0.15, -0.1) is 0 Å². The van der Waals surface area contributed by atoms with Crippen molar-refractivity contribution in [2.45, 2.75) is 45.5 Å². The van der Waals surface area contributed by atoms with Crippen molar-refractivity contribution in [2.75, 3.05) is 11.9 Å². The molecule has 1 aromatic carbocycles. The molecule has 0 radical (unpaired) electrons. The third-order valence-corrected chi connectivity index (χ3v) is 4.52. The van der Waals surface area contributed by atoms with E-state index in [9.17, 15) is 0 Å². The number of allylic oxidation sites excluding steroid dienone is 1.